The van der Waals surface area contributed by atoms with E-state index in [1.54, 1.807) is 5.38 Å². The molecular formula is C10H7NO3S. The molecule has 0 saturated carbocycles. The maximum absolute atomic E-state index is 9.15. The van der Waals surface area contributed by atoms with Crippen LogP contribution in [0.4, 0.5) is 0 Å². The zero-order chi connectivity index (χ0) is 10.3. The van der Waals surface area contributed by atoms with Gasteiger partial charge < -0.3 is 14.6 Å². The number of ether oxygens (including phenoxy) is 2. The van der Waals surface area contributed by atoms with Gasteiger partial charge in [0.1, 0.15) is 5.01 Å². The van der Waals surface area contributed by atoms with Crippen LogP contribution in [-0.2, 0) is 0 Å². The average molecular weight is 221 g/mol. The summed E-state index contributed by atoms with van der Waals surface area (Å²) in [6, 6.07) is 5.60. The summed E-state index contributed by atoms with van der Waals surface area (Å²) in [6.07, 6.45) is 0. The summed E-state index contributed by atoms with van der Waals surface area (Å²) in [7, 11) is 0. The highest BCUT2D eigenvalue weighted by atomic mass is 32.1. The van der Waals surface area contributed by atoms with Crippen LogP contribution in [0.15, 0.2) is 23.6 Å². The van der Waals surface area contributed by atoms with Crippen LogP contribution in [0.1, 0.15) is 0 Å². The van der Waals surface area contributed by atoms with E-state index >= 15 is 0 Å². The Bertz CT molecular complexity index is 509. The number of hydrogen-bond acceptors (Lipinski definition) is 5. The van der Waals surface area contributed by atoms with E-state index in [0.29, 0.717) is 0 Å². The molecule has 1 aromatic heterocycles. The molecule has 1 aromatic carbocycles. The number of benzene rings is 1. The first-order valence-electron chi connectivity index (χ1n) is 4.37. The quantitative estimate of drug-likeness (QED) is 0.802. The summed E-state index contributed by atoms with van der Waals surface area (Å²) in [4.78, 5) is 3.98. The average Bonchev–Trinajstić information content (AvgIpc) is 2.84. The van der Waals surface area contributed by atoms with Crippen molar-refractivity contribution in [2.75, 3.05) is 6.79 Å². The fourth-order valence-corrected chi connectivity index (χ4v) is 2.11. The Morgan fingerprint density at radius 3 is 2.93 bits per heavy atom. The van der Waals surface area contributed by atoms with Crippen LogP contribution in [0.5, 0.6) is 17.4 Å². The molecule has 0 aliphatic carbocycles. The van der Waals surface area contributed by atoms with Gasteiger partial charge in [-0.15, -0.1) is 11.3 Å². The van der Waals surface area contributed by atoms with Gasteiger partial charge in [0, 0.05) is 5.56 Å². The molecule has 0 spiro atoms. The van der Waals surface area contributed by atoms with Gasteiger partial charge in [-0.05, 0) is 18.2 Å². The standard InChI is InChI=1S/C10H7NO3S/c12-9-4-15-10(11-9)6-1-2-7-8(3-6)14-5-13-7/h1-4,12H,5H2. The number of aromatic nitrogens is 1. The molecule has 0 atom stereocenters. The Morgan fingerprint density at radius 1 is 1.27 bits per heavy atom. The first kappa shape index (κ1) is 8.55. The van der Waals surface area contributed by atoms with Crippen molar-refractivity contribution in [3.63, 3.8) is 0 Å². The van der Waals surface area contributed by atoms with Gasteiger partial charge in [-0.1, -0.05) is 0 Å². The summed E-state index contributed by atoms with van der Waals surface area (Å²) >= 11 is 1.39. The lowest BCUT2D eigenvalue weighted by Crippen LogP contribution is -1.92. The third-order valence-electron chi connectivity index (χ3n) is 2.11. The van der Waals surface area contributed by atoms with Crippen molar-refractivity contribution >= 4 is 11.3 Å². The fourth-order valence-electron chi connectivity index (χ4n) is 1.43. The lowest BCUT2D eigenvalue weighted by atomic mass is 10.2. The van der Waals surface area contributed by atoms with Crippen LogP contribution in [0.3, 0.4) is 0 Å². The van der Waals surface area contributed by atoms with Crippen molar-refractivity contribution < 1.29 is 14.6 Å². The van der Waals surface area contributed by atoms with E-state index in [1.807, 2.05) is 18.2 Å². The monoisotopic (exact) mass is 221 g/mol. The van der Waals surface area contributed by atoms with Crippen molar-refractivity contribution in [3.8, 4) is 28.0 Å². The van der Waals surface area contributed by atoms with Crippen LogP contribution < -0.4 is 9.47 Å². The summed E-state index contributed by atoms with van der Waals surface area (Å²) in [5.74, 6) is 1.52. The predicted molar refractivity (Wildman–Crippen MR) is 55.3 cm³/mol. The molecule has 0 bridgehead atoms. The van der Waals surface area contributed by atoms with Crippen molar-refractivity contribution in [3.05, 3.63) is 23.6 Å². The largest absolute Gasteiger partial charge is 0.493 e. The lowest BCUT2D eigenvalue weighted by molar-refractivity contribution is 0.174. The molecule has 2 heterocycles. The first-order valence-corrected chi connectivity index (χ1v) is 5.25. The van der Waals surface area contributed by atoms with E-state index in [-0.39, 0.29) is 12.7 Å². The van der Waals surface area contributed by atoms with Gasteiger partial charge in [-0.2, -0.15) is 0 Å². The highest BCUT2D eigenvalue weighted by molar-refractivity contribution is 7.13. The molecule has 15 heavy (non-hydrogen) atoms. The van der Waals surface area contributed by atoms with Crippen LogP contribution in [0.25, 0.3) is 10.6 Å². The van der Waals surface area contributed by atoms with E-state index in [9.17, 15) is 0 Å². The van der Waals surface area contributed by atoms with Gasteiger partial charge in [0.05, 0.1) is 5.38 Å². The third kappa shape index (κ3) is 1.41. The van der Waals surface area contributed by atoms with Gasteiger partial charge >= 0.3 is 0 Å². The first-order chi connectivity index (χ1) is 7.33. The molecule has 0 fully saturated rings. The lowest BCUT2D eigenvalue weighted by Gasteiger charge is -1.98. The minimum atomic E-state index is 0.0488. The Kier molecular flexibility index (Phi) is 1.78. The second-order valence-corrected chi connectivity index (χ2v) is 3.94. The van der Waals surface area contributed by atoms with Crippen molar-refractivity contribution in [2.45, 2.75) is 0 Å². The Morgan fingerprint density at radius 2 is 2.13 bits per heavy atom. The molecular weight excluding hydrogens is 214 g/mol. The van der Waals surface area contributed by atoms with Crippen LogP contribution in [0, 0.1) is 0 Å². The van der Waals surface area contributed by atoms with Gasteiger partial charge in [0.2, 0.25) is 12.7 Å². The SMILES string of the molecule is Oc1csc(-c2ccc3c(c2)OCO3)n1. The van der Waals surface area contributed by atoms with Crippen molar-refractivity contribution in [1.29, 1.82) is 0 Å². The zero-order valence-corrected chi connectivity index (χ0v) is 8.45. The summed E-state index contributed by atoms with van der Waals surface area (Å²) in [6.45, 7) is 0.266. The van der Waals surface area contributed by atoms with Crippen LogP contribution >= 0.6 is 11.3 Å². The van der Waals surface area contributed by atoms with Crippen molar-refractivity contribution in [1.82, 2.24) is 4.98 Å². The molecule has 2 aromatic rings. The number of fused-ring (bicyclic) bond motifs is 1. The minimum Gasteiger partial charge on any atom is -0.493 e. The molecule has 1 aliphatic rings. The van der Waals surface area contributed by atoms with Crippen molar-refractivity contribution in [2.24, 2.45) is 0 Å². The molecule has 76 valence electrons. The molecule has 0 saturated heterocycles. The second kappa shape index (κ2) is 3.13. The van der Waals surface area contributed by atoms with E-state index < -0.39 is 0 Å². The molecule has 1 aliphatic heterocycles. The smallest absolute Gasteiger partial charge is 0.231 e. The van der Waals surface area contributed by atoms with Gasteiger partial charge in [-0.3, -0.25) is 0 Å². The summed E-state index contributed by atoms with van der Waals surface area (Å²) < 4.78 is 10.5. The zero-order valence-electron chi connectivity index (χ0n) is 7.64. The van der Waals surface area contributed by atoms with Crippen LogP contribution in [-0.4, -0.2) is 16.9 Å². The van der Waals surface area contributed by atoms with Gasteiger partial charge in [-0.25, -0.2) is 4.98 Å². The topological polar surface area (TPSA) is 51.6 Å². The second-order valence-electron chi connectivity index (χ2n) is 3.08. The van der Waals surface area contributed by atoms with Gasteiger partial charge in [0.15, 0.2) is 11.5 Å². The minimum absolute atomic E-state index is 0.0488. The molecule has 5 heteroatoms. The Labute approximate surface area is 89.7 Å². The number of nitrogens with zero attached hydrogens (tertiary/aromatic N) is 1. The number of rotatable bonds is 1. The van der Waals surface area contributed by atoms with E-state index in [0.717, 1.165) is 22.1 Å². The molecule has 0 unspecified atom stereocenters. The predicted octanol–water partition coefficient (Wildman–Crippen LogP) is 2.24. The summed E-state index contributed by atoms with van der Waals surface area (Å²) in [5.41, 5.74) is 0.921. The number of thiazole rings is 1. The Hall–Kier alpha value is -1.75. The molecule has 1 N–H and O–H groups in total. The number of hydrogen-bond donors (Lipinski definition) is 1. The highest BCUT2D eigenvalue weighted by Crippen LogP contribution is 2.37. The fraction of sp³-hybridized carbons (Fsp3) is 0.100. The van der Waals surface area contributed by atoms with Crippen LogP contribution in [0.2, 0.25) is 0 Å². The van der Waals surface area contributed by atoms with E-state index in [4.69, 9.17) is 14.6 Å². The Balaban J connectivity index is 2.06. The normalized spacial score (nSPS) is 13.1. The number of aromatic hydroxyl groups is 1. The third-order valence-corrected chi connectivity index (χ3v) is 2.99. The van der Waals surface area contributed by atoms with E-state index in [2.05, 4.69) is 4.98 Å². The molecule has 3 rings (SSSR count). The maximum Gasteiger partial charge on any atom is 0.231 e. The van der Waals surface area contributed by atoms with E-state index in [1.165, 1.54) is 11.3 Å². The molecule has 0 amide bonds. The maximum atomic E-state index is 9.15. The highest BCUT2D eigenvalue weighted by Gasteiger charge is 2.14. The van der Waals surface area contributed by atoms with Gasteiger partial charge in [0.25, 0.3) is 0 Å². The summed E-state index contributed by atoms with van der Waals surface area (Å²) in [5, 5.41) is 11.5. The molecule has 4 nitrogen and oxygen atoms in total. The molecule has 0 radical (unpaired) electrons.